The predicted molar refractivity (Wildman–Crippen MR) is 98.5 cm³/mol. The van der Waals surface area contributed by atoms with Gasteiger partial charge in [0.05, 0.1) is 16.9 Å². The molecule has 8 nitrogen and oxygen atoms in total. The first-order valence-electron chi connectivity index (χ1n) is 7.17. The highest BCUT2D eigenvalue weighted by molar-refractivity contribution is 7.19. The second kappa shape index (κ2) is 7.51. The van der Waals surface area contributed by atoms with E-state index in [0.717, 1.165) is 11.3 Å². The lowest BCUT2D eigenvalue weighted by atomic mass is 10.2. The number of anilines is 3. The molecule has 0 fully saturated rings. The minimum Gasteiger partial charge on any atom is -0.760 e. The lowest BCUT2D eigenvalue weighted by molar-refractivity contribution is 0.102. The Morgan fingerprint density at radius 1 is 1.08 bits per heavy atom. The average Bonchev–Trinajstić information content (AvgIpc) is 3.10. The van der Waals surface area contributed by atoms with Crippen molar-refractivity contribution in [1.29, 1.82) is 0 Å². The first kappa shape index (κ1) is 16.6. The Labute approximate surface area is 147 Å². The number of hydrogen-bond acceptors (Lipinski definition) is 8. The van der Waals surface area contributed by atoms with Gasteiger partial charge in [-0.2, -0.15) is 0 Å². The minimum atomic E-state index is -0.227. The van der Waals surface area contributed by atoms with Crippen molar-refractivity contribution < 1.29 is 4.79 Å². The number of aromatic nitrogens is 1. The summed E-state index contributed by atoms with van der Waals surface area (Å²) in [5.41, 5.74) is 9.69. The number of rotatable bonds is 5. The van der Waals surface area contributed by atoms with Gasteiger partial charge in [-0.1, -0.05) is 11.3 Å². The number of amides is 1. The molecule has 0 spiro atoms. The minimum absolute atomic E-state index is 0.227. The van der Waals surface area contributed by atoms with Crippen LogP contribution in [-0.4, -0.2) is 10.9 Å². The summed E-state index contributed by atoms with van der Waals surface area (Å²) in [7, 11) is 0. The SMILES string of the molecule is Nc1ccc(C(=O)Nc2ccc(N=Nc3ncc(N[O-])s3)cc2)cc1. The molecular formula is C16H13N6O2S-. The zero-order valence-corrected chi connectivity index (χ0v) is 13.7. The van der Waals surface area contributed by atoms with Gasteiger partial charge in [0.25, 0.3) is 5.91 Å². The van der Waals surface area contributed by atoms with Crippen LogP contribution in [0.1, 0.15) is 10.4 Å². The van der Waals surface area contributed by atoms with Crippen molar-refractivity contribution >= 4 is 44.4 Å². The Bertz CT molecular complexity index is 890. The molecule has 25 heavy (non-hydrogen) atoms. The van der Waals surface area contributed by atoms with Gasteiger partial charge in [0.15, 0.2) is 0 Å². The molecule has 0 aliphatic carbocycles. The van der Waals surface area contributed by atoms with Crippen molar-refractivity contribution in [2.24, 2.45) is 10.2 Å². The summed E-state index contributed by atoms with van der Waals surface area (Å²) in [4.78, 5) is 16.0. The molecule has 2 aromatic carbocycles. The van der Waals surface area contributed by atoms with Crippen molar-refractivity contribution in [3.05, 3.63) is 65.5 Å². The first-order valence-corrected chi connectivity index (χ1v) is 7.98. The molecule has 1 heterocycles. The van der Waals surface area contributed by atoms with Crippen LogP contribution in [0.2, 0.25) is 0 Å². The monoisotopic (exact) mass is 353 g/mol. The summed E-state index contributed by atoms with van der Waals surface area (Å²) < 4.78 is 0. The topological polar surface area (TPSA) is 128 Å². The molecule has 0 atom stereocenters. The van der Waals surface area contributed by atoms with Crippen molar-refractivity contribution in [3.63, 3.8) is 0 Å². The third-order valence-corrected chi connectivity index (χ3v) is 3.92. The number of nitrogens with two attached hydrogens (primary N) is 1. The average molecular weight is 353 g/mol. The number of nitrogens with one attached hydrogen (secondary N) is 2. The molecule has 0 bridgehead atoms. The molecule has 0 unspecified atom stereocenters. The van der Waals surface area contributed by atoms with Gasteiger partial charge in [-0.3, -0.25) is 4.79 Å². The highest BCUT2D eigenvalue weighted by Gasteiger charge is 2.05. The number of azo groups is 1. The second-order valence-electron chi connectivity index (χ2n) is 4.93. The van der Waals surface area contributed by atoms with E-state index in [1.54, 1.807) is 54.0 Å². The number of benzene rings is 2. The number of carbonyl (C=O) groups excluding carboxylic acids is 1. The summed E-state index contributed by atoms with van der Waals surface area (Å²) in [5.74, 6) is -0.227. The number of thiazole rings is 1. The maximum atomic E-state index is 12.1. The number of nitrogen functional groups attached to an aromatic ring is 1. The van der Waals surface area contributed by atoms with Crippen molar-refractivity contribution in [2.45, 2.75) is 0 Å². The van der Waals surface area contributed by atoms with Gasteiger partial charge in [0.2, 0.25) is 5.13 Å². The van der Waals surface area contributed by atoms with Crippen LogP contribution in [0, 0.1) is 5.21 Å². The van der Waals surface area contributed by atoms with Gasteiger partial charge in [-0.15, -0.1) is 10.2 Å². The van der Waals surface area contributed by atoms with E-state index in [4.69, 9.17) is 5.73 Å². The van der Waals surface area contributed by atoms with Gasteiger partial charge in [0, 0.05) is 16.9 Å². The summed E-state index contributed by atoms with van der Waals surface area (Å²) in [6, 6.07) is 13.5. The van der Waals surface area contributed by atoms with E-state index in [2.05, 4.69) is 20.5 Å². The Morgan fingerprint density at radius 2 is 1.80 bits per heavy atom. The Hall–Kier alpha value is -3.30. The molecule has 9 heteroatoms. The van der Waals surface area contributed by atoms with Crippen LogP contribution in [0.15, 0.2) is 65.0 Å². The molecule has 3 rings (SSSR count). The van der Waals surface area contributed by atoms with Gasteiger partial charge >= 0.3 is 0 Å². The fourth-order valence-corrected chi connectivity index (χ4v) is 2.44. The molecule has 0 aliphatic rings. The molecule has 126 valence electrons. The number of carbonyl (C=O) groups is 1. The maximum Gasteiger partial charge on any atom is 0.255 e. The van der Waals surface area contributed by atoms with E-state index in [9.17, 15) is 10.0 Å². The molecular weight excluding hydrogens is 340 g/mol. The summed E-state index contributed by atoms with van der Waals surface area (Å²) in [6.07, 6.45) is 1.39. The lowest BCUT2D eigenvalue weighted by Gasteiger charge is -2.05. The van der Waals surface area contributed by atoms with Crippen LogP contribution in [-0.2, 0) is 0 Å². The highest BCUT2D eigenvalue weighted by Crippen LogP contribution is 2.27. The smallest absolute Gasteiger partial charge is 0.255 e. The lowest BCUT2D eigenvalue weighted by Crippen LogP contribution is -2.11. The zero-order chi connectivity index (χ0) is 17.6. The van der Waals surface area contributed by atoms with Crippen LogP contribution in [0.25, 0.3) is 0 Å². The Kier molecular flexibility index (Phi) is 4.97. The van der Waals surface area contributed by atoms with Crippen LogP contribution in [0.5, 0.6) is 0 Å². The van der Waals surface area contributed by atoms with Crippen LogP contribution >= 0.6 is 11.3 Å². The van der Waals surface area contributed by atoms with Gasteiger partial charge < -0.3 is 21.7 Å². The van der Waals surface area contributed by atoms with Crippen molar-refractivity contribution in [3.8, 4) is 0 Å². The summed E-state index contributed by atoms with van der Waals surface area (Å²) in [5, 5.41) is 22.0. The molecule has 1 aromatic heterocycles. The number of hydrogen-bond donors (Lipinski definition) is 3. The van der Waals surface area contributed by atoms with E-state index >= 15 is 0 Å². The van der Waals surface area contributed by atoms with Crippen LogP contribution < -0.4 is 16.5 Å². The van der Waals surface area contributed by atoms with Crippen LogP contribution in [0.3, 0.4) is 0 Å². The normalized spacial score (nSPS) is 10.8. The molecule has 3 aromatic rings. The molecule has 4 N–H and O–H groups in total. The first-order chi connectivity index (χ1) is 12.1. The summed E-state index contributed by atoms with van der Waals surface area (Å²) >= 11 is 1.10. The standard InChI is InChI=1S/C16H13N6O2S/c17-11-3-1-10(2-4-11)15(23)19-12-5-7-13(8-6-12)20-21-16-18-9-14(22-24)25-16/h1-9,22H,17H2,(H,19,23)/q-1. The molecule has 0 saturated carbocycles. The van der Waals surface area contributed by atoms with Gasteiger partial charge in [-0.05, 0) is 48.5 Å². The van der Waals surface area contributed by atoms with Crippen LogP contribution in [0.4, 0.5) is 27.2 Å². The van der Waals surface area contributed by atoms with Gasteiger partial charge in [0.1, 0.15) is 0 Å². The van der Waals surface area contributed by atoms with Crippen molar-refractivity contribution in [2.75, 3.05) is 16.5 Å². The number of nitrogens with zero attached hydrogens (tertiary/aromatic N) is 3. The Morgan fingerprint density at radius 3 is 2.44 bits per heavy atom. The van der Waals surface area contributed by atoms with E-state index in [1.165, 1.54) is 6.20 Å². The fourth-order valence-electron chi connectivity index (χ4n) is 1.91. The van der Waals surface area contributed by atoms with E-state index in [1.807, 2.05) is 0 Å². The fraction of sp³-hybridized carbons (Fsp3) is 0. The van der Waals surface area contributed by atoms with Gasteiger partial charge in [-0.25, -0.2) is 4.98 Å². The third kappa shape index (κ3) is 4.37. The molecule has 0 radical (unpaired) electrons. The van der Waals surface area contributed by atoms with E-state index in [-0.39, 0.29) is 5.91 Å². The largest absolute Gasteiger partial charge is 0.760 e. The zero-order valence-electron chi connectivity index (χ0n) is 12.8. The molecule has 0 saturated heterocycles. The predicted octanol–water partition coefficient (Wildman–Crippen LogP) is 4.30. The molecule has 0 aliphatic heterocycles. The van der Waals surface area contributed by atoms with E-state index in [0.29, 0.717) is 32.8 Å². The third-order valence-electron chi connectivity index (χ3n) is 3.14. The van der Waals surface area contributed by atoms with Crippen molar-refractivity contribution in [1.82, 2.24) is 4.98 Å². The second-order valence-corrected chi connectivity index (χ2v) is 5.94. The quantitative estimate of drug-likeness (QED) is 0.358. The Balaban J connectivity index is 1.63. The molecule has 1 amide bonds. The van der Waals surface area contributed by atoms with E-state index < -0.39 is 0 Å². The maximum absolute atomic E-state index is 12.1. The highest BCUT2D eigenvalue weighted by atomic mass is 32.1. The summed E-state index contributed by atoms with van der Waals surface area (Å²) in [6.45, 7) is 0.